The number of allylic oxidation sites excluding steroid dienone is 1. The lowest BCUT2D eigenvalue weighted by Crippen LogP contribution is -2.40. The Morgan fingerprint density at radius 1 is 1.12 bits per heavy atom. The molecule has 1 atom stereocenters. The molecule has 4 rings (SSSR count). The van der Waals surface area contributed by atoms with Gasteiger partial charge in [-0.2, -0.15) is 0 Å². The van der Waals surface area contributed by atoms with Crippen LogP contribution in [0.15, 0.2) is 51.4 Å². The fraction of sp³-hybridized carbons (Fsp3) is 0.355. The maximum atomic E-state index is 14.1. The Balaban J connectivity index is 1.93. The minimum absolute atomic E-state index is 0.0796. The summed E-state index contributed by atoms with van der Waals surface area (Å²) in [7, 11) is 1.54. The van der Waals surface area contributed by atoms with E-state index in [1.165, 1.54) is 29.9 Å². The minimum Gasteiger partial charge on any atom is -0.493 e. The first kappa shape index (κ1) is 32.3. The van der Waals surface area contributed by atoms with E-state index < -0.39 is 18.0 Å². The molecule has 0 radical (unpaired) electrons. The SMILES string of the molecule is CCOC(=O)C1=C(C)N=c2s/c(=C/c3cc(I)c(OC(C)=O)c(OCC)c3)c(=O)n2[C@@H]1c1ccc(OC(C)C)c(OC)c1. The van der Waals surface area contributed by atoms with Gasteiger partial charge in [0.1, 0.15) is 0 Å². The van der Waals surface area contributed by atoms with E-state index in [4.69, 9.17) is 23.7 Å². The van der Waals surface area contributed by atoms with Crippen molar-refractivity contribution in [1.82, 2.24) is 4.57 Å². The highest BCUT2D eigenvalue weighted by Gasteiger charge is 2.34. The topological polar surface area (TPSA) is 115 Å². The standard InChI is InChI=1S/C31H33IN2O8S/c1-8-39-24-13-19(12-21(32)28(24)42-18(6)35)14-25-29(36)34-27(20-10-11-22(41-16(3)4)23(15-20)38-7)26(30(37)40-9-2)17(5)33-31(34)43-25/h10-16,27H,8-9H2,1-7H3/b25-14+/t27-/m1/s1. The minimum atomic E-state index is -0.815. The van der Waals surface area contributed by atoms with Gasteiger partial charge in [-0.05, 0) is 98.7 Å². The number of carbonyl (C=O) groups excluding carboxylic acids is 2. The fourth-order valence-electron chi connectivity index (χ4n) is 4.64. The van der Waals surface area contributed by atoms with Crippen molar-refractivity contribution in [1.29, 1.82) is 0 Å². The second-order valence-corrected chi connectivity index (χ2v) is 11.9. The number of carbonyl (C=O) groups is 2. The lowest BCUT2D eigenvalue weighted by Gasteiger charge is -2.25. The van der Waals surface area contributed by atoms with Crippen molar-refractivity contribution in [2.24, 2.45) is 4.99 Å². The average Bonchev–Trinajstić information content (AvgIpc) is 3.23. The molecule has 0 aliphatic carbocycles. The molecule has 1 aliphatic heterocycles. The first-order valence-electron chi connectivity index (χ1n) is 13.7. The van der Waals surface area contributed by atoms with Gasteiger partial charge in [0.05, 0.1) is 51.8 Å². The molecule has 1 aromatic heterocycles. The zero-order valence-corrected chi connectivity index (χ0v) is 28.0. The molecule has 0 bridgehead atoms. The number of hydrogen-bond donors (Lipinski definition) is 0. The zero-order chi connectivity index (χ0) is 31.4. The van der Waals surface area contributed by atoms with Crippen LogP contribution in [0.25, 0.3) is 6.08 Å². The smallest absolute Gasteiger partial charge is 0.338 e. The maximum Gasteiger partial charge on any atom is 0.338 e. The molecule has 0 N–H and O–H groups in total. The fourth-order valence-corrected chi connectivity index (χ4v) is 6.42. The summed E-state index contributed by atoms with van der Waals surface area (Å²) in [6.45, 7) is 11.0. The highest BCUT2D eigenvalue weighted by atomic mass is 127. The highest BCUT2D eigenvalue weighted by molar-refractivity contribution is 14.1. The van der Waals surface area contributed by atoms with E-state index in [1.807, 2.05) is 26.8 Å². The molecule has 2 heterocycles. The van der Waals surface area contributed by atoms with E-state index in [0.717, 1.165) is 0 Å². The van der Waals surface area contributed by atoms with E-state index in [1.54, 1.807) is 44.2 Å². The zero-order valence-electron chi connectivity index (χ0n) is 25.0. The third-order valence-electron chi connectivity index (χ3n) is 6.26. The number of methoxy groups -OCH3 is 1. The summed E-state index contributed by atoms with van der Waals surface area (Å²) in [6.07, 6.45) is 1.65. The molecule has 2 aromatic carbocycles. The number of fused-ring (bicyclic) bond motifs is 1. The van der Waals surface area contributed by atoms with Crippen molar-refractivity contribution in [3.8, 4) is 23.0 Å². The lowest BCUT2D eigenvalue weighted by molar-refractivity contribution is -0.139. The van der Waals surface area contributed by atoms with Crippen molar-refractivity contribution in [2.75, 3.05) is 20.3 Å². The van der Waals surface area contributed by atoms with Gasteiger partial charge in [-0.25, -0.2) is 9.79 Å². The molecule has 3 aromatic rings. The van der Waals surface area contributed by atoms with E-state index in [9.17, 15) is 14.4 Å². The lowest BCUT2D eigenvalue weighted by atomic mass is 9.95. The number of aromatic nitrogens is 1. The van der Waals surface area contributed by atoms with Crippen molar-refractivity contribution in [2.45, 2.75) is 53.7 Å². The number of esters is 2. The number of rotatable bonds is 10. The number of nitrogens with zero attached hydrogens (tertiary/aromatic N) is 2. The second-order valence-electron chi connectivity index (χ2n) is 9.74. The van der Waals surface area contributed by atoms with Crippen LogP contribution in [0.1, 0.15) is 58.7 Å². The summed E-state index contributed by atoms with van der Waals surface area (Å²) < 4.78 is 30.5. The van der Waals surface area contributed by atoms with Crippen LogP contribution >= 0.6 is 33.9 Å². The highest BCUT2D eigenvalue weighted by Crippen LogP contribution is 2.37. The number of ether oxygens (including phenoxy) is 5. The molecule has 0 saturated carbocycles. The van der Waals surface area contributed by atoms with Gasteiger partial charge in [-0.1, -0.05) is 17.4 Å². The summed E-state index contributed by atoms with van der Waals surface area (Å²) in [6, 6.07) is 8.04. The number of hydrogen-bond acceptors (Lipinski definition) is 10. The Bertz CT molecular complexity index is 1770. The van der Waals surface area contributed by atoms with Crippen molar-refractivity contribution >= 4 is 51.9 Å². The summed E-state index contributed by atoms with van der Waals surface area (Å²) in [4.78, 5) is 44.0. The first-order chi connectivity index (χ1) is 20.5. The van der Waals surface area contributed by atoms with Gasteiger partial charge < -0.3 is 23.7 Å². The number of halogens is 1. The van der Waals surface area contributed by atoms with Crippen LogP contribution in [0.3, 0.4) is 0 Å². The largest absolute Gasteiger partial charge is 0.493 e. The summed E-state index contributed by atoms with van der Waals surface area (Å²) in [5.74, 6) is 0.704. The molecule has 10 nitrogen and oxygen atoms in total. The van der Waals surface area contributed by atoms with Crippen molar-refractivity contribution in [3.63, 3.8) is 0 Å². The maximum absolute atomic E-state index is 14.1. The first-order valence-corrected chi connectivity index (χ1v) is 15.6. The van der Waals surface area contributed by atoms with E-state index in [2.05, 4.69) is 27.6 Å². The second kappa shape index (κ2) is 13.8. The van der Waals surface area contributed by atoms with Crippen LogP contribution < -0.4 is 33.8 Å². The Hall–Kier alpha value is -3.65. The monoisotopic (exact) mass is 720 g/mol. The summed E-state index contributed by atoms with van der Waals surface area (Å²) >= 11 is 3.27. The van der Waals surface area contributed by atoms with Crippen LogP contribution in [0.4, 0.5) is 0 Å². The molecule has 0 amide bonds. The predicted octanol–water partition coefficient (Wildman–Crippen LogP) is 4.52. The quantitative estimate of drug-likeness (QED) is 0.171. The van der Waals surface area contributed by atoms with Crippen molar-refractivity contribution in [3.05, 3.63) is 76.0 Å². The van der Waals surface area contributed by atoms with Crippen molar-refractivity contribution < 1.29 is 33.3 Å². The van der Waals surface area contributed by atoms with Gasteiger partial charge in [0.25, 0.3) is 5.56 Å². The molecule has 228 valence electrons. The van der Waals surface area contributed by atoms with Crippen LogP contribution in [0, 0.1) is 3.57 Å². The molecular weight excluding hydrogens is 687 g/mol. The number of benzene rings is 2. The Morgan fingerprint density at radius 3 is 2.49 bits per heavy atom. The van der Waals surface area contributed by atoms with Gasteiger partial charge in [0.2, 0.25) is 0 Å². The Morgan fingerprint density at radius 2 is 1.86 bits per heavy atom. The van der Waals surface area contributed by atoms with Gasteiger partial charge in [0.15, 0.2) is 27.8 Å². The van der Waals surface area contributed by atoms with Crippen LogP contribution in [0.5, 0.6) is 23.0 Å². The molecule has 1 aliphatic rings. The molecule has 0 fully saturated rings. The molecule has 43 heavy (non-hydrogen) atoms. The predicted molar refractivity (Wildman–Crippen MR) is 171 cm³/mol. The molecule has 12 heteroatoms. The normalized spacial score (nSPS) is 14.7. The summed E-state index contributed by atoms with van der Waals surface area (Å²) in [5, 5.41) is 0. The number of thiazole rings is 1. The van der Waals surface area contributed by atoms with Gasteiger partial charge in [-0.3, -0.25) is 14.2 Å². The van der Waals surface area contributed by atoms with Crippen LogP contribution in [0.2, 0.25) is 0 Å². The Kier molecular flexibility index (Phi) is 10.3. The van der Waals surface area contributed by atoms with E-state index in [-0.39, 0.29) is 23.8 Å². The molecule has 0 spiro atoms. The molecular formula is C31H33IN2O8S. The average molecular weight is 721 g/mol. The molecule has 0 unspecified atom stereocenters. The van der Waals surface area contributed by atoms with Crippen LogP contribution in [-0.4, -0.2) is 42.9 Å². The van der Waals surface area contributed by atoms with Crippen LogP contribution in [-0.2, 0) is 14.3 Å². The molecule has 0 saturated heterocycles. The Labute approximate surface area is 266 Å². The summed E-state index contributed by atoms with van der Waals surface area (Å²) in [5.41, 5.74) is 1.69. The van der Waals surface area contributed by atoms with E-state index >= 15 is 0 Å². The van der Waals surface area contributed by atoms with Gasteiger partial charge in [-0.15, -0.1) is 0 Å². The third kappa shape index (κ3) is 6.96. The van der Waals surface area contributed by atoms with Gasteiger partial charge >= 0.3 is 11.9 Å². The van der Waals surface area contributed by atoms with Gasteiger partial charge in [0, 0.05) is 6.92 Å². The van der Waals surface area contributed by atoms with E-state index in [0.29, 0.717) is 59.3 Å². The third-order valence-corrected chi connectivity index (χ3v) is 8.04.